The molecule has 6 nitrogen and oxygen atoms in total. The van der Waals surface area contributed by atoms with Gasteiger partial charge in [-0.3, -0.25) is 9.97 Å². The van der Waals surface area contributed by atoms with Crippen LogP contribution in [-0.4, -0.2) is 46.2 Å². The van der Waals surface area contributed by atoms with Crippen molar-refractivity contribution < 1.29 is 9.53 Å². The molecule has 0 aliphatic carbocycles. The third-order valence-electron chi connectivity index (χ3n) is 3.68. The third-order valence-corrected chi connectivity index (χ3v) is 3.68. The molecule has 2 rings (SSSR count). The lowest BCUT2D eigenvalue weighted by molar-refractivity contribution is 0.0288. The van der Waals surface area contributed by atoms with Crippen LogP contribution in [0.15, 0.2) is 18.6 Å². The molecule has 1 aromatic rings. The number of nitrogens with one attached hydrogen (secondary N) is 1. The number of carbonyl (C=O) groups is 1. The van der Waals surface area contributed by atoms with Crippen LogP contribution < -0.4 is 5.32 Å². The molecule has 22 heavy (non-hydrogen) atoms. The van der Waals surface area contributed by atoms with E-state index in [9.17, 15) is 4.79 Å². The first-order valence-corrected chi connectivity index (χ1v) is 7.82. The van der Waals surface area contributed by atoms with Gasteiger partial charge in [0.1, 0.15) is 5.60 Å². The number of hydrogen-bond acceptors (Lipinski definition) is 5. The second-order valence-corrected chi connectivity index (χ2v) is 6.84. The molecule has 122 valence electrons. The predicted molar refractivity (Wildman–Crippen MR) is 84.4 cm³/mol. The summed E-state index contributed by atoms with van der Waals surface area (Å²) in [5, 5.41) is 3.47. The SMILES string of the molecule is C[C@@H](NC[C@@H]1CCN(C(=O)OC(C)(C)C)C1)c1cnccn1. The highest BCUT2D eigenvalue weighted by Gasteiger charge is 2.29. The van der Waals surface area contributed by atoms with Crippen LogP contribution in [-0.2, 0) is 4.74 Å². The zero-order chi connectivity index (χ0) is 16.2. The normalized spacial score (nSPS) is 20.0. The van der Waals surface area contributed by atoms with Crippen LogP contribution >= 0.6 is 0 Å². The van der Waals surface area contributed by atoms with Crippen molar-refractivity contribution in [3.05, 3.63) is 24.3 Å². The zero-order valence-corrected chi connectivity index (χ0v) is 13.9. The first-order chi connectivity index (χ1) is 10.3. The van der Waals surface area contributed by atoms with Gasteiger partial charge in [0, 0.05) is 44.3 Å². The van der Waals surface area contributed by atoms with E-state index in [4.69, 9.17) is 4.74 Å². The zero-order valence-electron chi connectivity index (χ0n) is 13.9. The Bertz CT molecular complexity index is 487. The Kier molecular flexibility index (Phi) is 5.34. The van der Waals surface area contributed by atoms with Crippen LogP contribution in [0, 0.1) is 5.92 Å². The lowest BCUT2D eigenvalue weighted by Crippen LogP contribution is -2.36. The third kappa shape index (κ3) is 4.94. The minimum Gasteiger partial charge on any atom is -0.444 e. The average molecular weight is 306 g/mol. The van der Waals surface area contributed by atoms with E-state index in [-0.39, 0.29) is 12.1 Å². The summed E-state index contributed by atoms with van der Waals surface area (Å²) >= 11 is 0. The van der Waals surface area contributed by atoms with E-state index < -0.39 is 5.60 Å². The molecule has 2 heterocycles. The van der Waals surface area contributed by atoms with E-state index in [1.165, 1.54) is 0 Å². The summed E-state index contributed by atoms with van der Waals surface area (Å²) in [6.45, 7) is 10.1. The maximum absolute atomic E-state index is 12.0. The summed E-state index contributed by atoms with van der Waals surface area (Å²) in [7, 11) is 0. The van der Waals surface area contributed by atoms with Crippen molar-refractivity contribution in [2.75, 3.05) is 19.6 Å². The second kappa shape index (κ2) is 7.05. The van der Waals surface area contributed by atoms with Gasteiger partial charge in [0.25, 0.3) is 0 Å². The quantitative estimate of drug-likeness (QED) is 0.925. The van der Waals surface area contributed by atoms with Crippen LogP contribution in [0.3, 0.4) is 0 Å². The molecule has 1 aromatic heterocycles. The van der Waals surface area contributed by atoms with Gasteiger partial charge in [0.15, 0.2) is 0 Å². The summed E-state index contributed by atoms with van der Waals surface area (Å²) in [5.41, 5.74) is 0.498. The highest BCUT2D eigenvalue weighted by atomic mass is 16.6. The number of hydrogen-bond donors (Lipinski definition) is 1. The highest BCUT2D eigenvalue weighted by Crippen LogP contribution is 2.19. The number of rotatable bonds is 4. The topological polar surface area (TPSA) is 67.4 Å². The van der Waals surface area contributed by atoms with Gasteiger partial charge in [0.05, 0.1) is 5.69 Å². The van der Waals surface area contributed by atoms with Gasteiger partial charge >= 0.3 is 6.09 Å². The largest absolute Gasteiger partial charge is 0.444 e. The molecule has 0 bridgehead atoms. The molecule has 1 aliphatic rings. The Hall–Kier alpha value is -1.69. The fourth-order valence-electron chi connectivity index (χ4n) is 2.47. The van der Waals surface area contributed by atoms with E-state index in [0.717, 1.165) is 31.7 Å². The maximum atomic E-state index is 12.0. The minimum atomic E-state index is -0.437. The molecule has 0 radical (unpaired) electrons. The average Bonchev–Trinajstić information content (AvgIpc) is 2.93. The van der Waals surface area contributed by atoms with Crippen LogP contribution in [0.1, 0.15) is 45.9 Å². The fraction of sp³-hybridized carbons (Fsp3) is 0.688. The predicted octanol–water partition coefficient (Wildman–Crippen LogP) is 2.38. The van der Waals surface area contributed by atoms with E-state index in [2.05, 4.69) is 22.2 Å². The molecule has 6 heteroatoms. The molecule has 1 amide bonds. The Morgan fingerprint density at radius 1 is 1.50 bits per heavy atom. The van der Waals surface area contributed by atoms with Crippen molar-refractivity contribution in [1.82, 2.24) is 20.2 Å². The molecule has 0 spiro atoms. The van der Waals surface area contributed by atoms with Crippen LogP contribution in [0.25, 0.3) is 0 Å². The second-order valence-electron chi connectivity index (χ2n) is 6.84. The van der Waals surface area contributed by atoms with Crippen molar-refractivity contribution in [1.29, 1.82) is 0 Å². The number of likely N-dealkylation sites (tertiary alicyclic amines) is 1. The van der Waals surface area contributed by atoms with Gasteiger partial charge < -0.3 is 15.0 Å². The van der Waals surface area contributed by atoms with Crippen molar-refractivity contribution in [2.45, 2.75) is 45.8 Å². The van der Waals surface area contributed by atoms with Crippen molar-refractivity contribution >= 4 is 6.09 Å². The molecule has 1 saturated heterocycles. The highest BCUT2D eigenvalue weighted by molar-refractivity contribution is 5.68. The number of aromatic nitrogens is 2. The van der Waals surface area contributed by atoms with E-state index in [0.29, 0.717) is 5.92 Å². The Balaban J connectivity index is 1.76. The number of carbonyl (C=O) groups excluding carboxylic acids is 1. The molecular formula is C16H26N4O2. The van der Waals surface area contributed by atoms with E-state index in [1.807, 2.05) is 20.8 Å². The molecular weight excluding hydrogens is 280 g/mol. The lowest BCUT2D eigenvalue weighted by atomic mass is 10.1. The van der Waals surface area contributed by atoms with E-state index in [1.54, 1.807) is 23.5 Å². The Labute approximate surface area is 132 Å². The number of nitrogens with zero attached hydrogens (tertiary/aromatic N) is 3. The van der Waals surface area contributed by atoms with Gasteiger partial charge in [-0.1, -0.05) is 0 Å². The molecule has 1 aliphatic heterocycles. The summed E-state index contributed by atoms with van der Waals surface area (Å²) < 4.78 is 5.41. The van der Waals surface area contributed by atoms with Gasteiger partial charge in [-0.2, -0.15) is 0 Å². The molecule has 1 N–H and O–H groups in total. The van der Waals surface area contributed by atoms with Crippen LogP contribution in [0.2, 0.25) is 0 Å². The van der Waals surface area contributed by atoms with Crippen molar-refractivity contribution in [3.63, 3.8) is 0 Å². The van der Waals surface area contributed by atoms with Gasteiger partial charge in [-0.05, 0) is 40.0 Å². The Morgan fingerprint density at radius 2 is 2.27 bits per heavy atom. The minimum absolute atomic E-state index is 0.157. The first-order valence-electron chi connectivity index (χ1n) is 7.82. The standard InChI is InChI=1S/C16H26N4O2/c1-12(14-10-17-6-7-18-14)19-9-13-5-8-20(11-13)15(21)22-16(2,3)4/h6-7,10,12-13,19H,5,8-9,11H2,1-4H3/t12-,13+/m1/s1. The lowest BCUT2D eigenvalue weighted by Gasteiger charge is -2.24. The molecule has 0 unspecified atom stereocenters. The summed E-state index contributed by atoms with van der Waals surface area (Å²) in [4.78, 5) is 22.2. The maximum Gasteiger partial charge on any atom is 0.410 e. The molecule has 0 aromatic carbocycles. The summed E-state index contributed by atoms with van der Waals surface area (Å²) in [6.07, 6.45) is 5.94. The molecule has 0 saturated carbocycles. The summed E-state index contributed by atoms with van der Waals surface area (Å²) in [5.74, 6) is 0.451. The number of amides is 1. The molecule has 1 fully saturated rings. The van der Waals surface area contributed by atoms with Crippen molar-refractivity contribution in [2.24, 2.45) is 5.92 Å². The number of ether oxygens (including phenoxy) is 1. The monoisotopic (exact) mass is 306 g/mol. The van der Waals surface area contributed by atoms with Crippen LogP contribution in [0.5, 0.6) is 0 Å². The van der Waals surface area contributed by atoms with E-state index >= 15 is 0 Å². The molecule has 2 atom stereocenters. The summed E-state index contributed by atoms with van der Waals surface area (Å²) in [6, 6.07) is 0.157. The van der Waals surface area contributed by atoms with Gasteiger partial charge in [-0.15, -0.1) is 0 Å². The van der Waals surface area contributed by atoms with Crippen LogP contribution in [0.4, 0.5) is 4.79 Å². The van der Waals surface area contributed by atoms with Gasteiger partial charge in [-0.25, -0.2) is 4.79 Å². The smallest absolute Gasteiger partial charge is 0.410 e. The first kappa shape index (κ1) is 16.7. The fourth-order valence-corrected chi connectivity index (χ4v) is 2.47. The van der Waals surface area contributed by atoms with Crippen molar-refractivity contribution in [3.8, 4) is 0 Å². The van der Waals surface area contributed by atoms with Gasteiger partial charge in [0.2, 0.25) is 0 Å². The Morgan fingerprint density at radius 3 is 2.91 bits per heavy atom.